The largest absolute Gasteiger partial charge is 0.444 e. The molecule has 4 aliphatic rings. The number of hydrogen-bond acceptors (Lipinski definition) is 8. The monoisotopic (exact) mass is 611 g/mol. The number of aliphatic hydroxyl groups is 1. The highest BCUT2D eigenvalue weighted by atomic mass is 16.6. The number of hydrogen-bond donors (Lipinski definition) is 3. The fourth-order valence-corrected chi connectivity index (χ4v) is 6.44. The lowest BCUT2D eigenvalue weighted by atomic mass is 9.85. The zero-order valence-electron chi connectivity index (χ0n) is 26.3. The smallest absolute Gasteiger partial charge is 0.410 e. The first-order chi connectivity index (χ1) is 21.5. The van der Waals surface area contributed by atoms with E-state index in [2.05, 4.69) is 27.4 Å². The molecule has 1 aromatic carbocycles. The molecule has 4 fully saturated rings. The number of nitrogens with one attached hydrogen (secondary N) is 2. The van der Waals surface area contributed by atoms with Crippen molar-refractivity contribution in [3.8, 4) is 11.8 Å². The van der Waals surface area contributed by atoms with Crippen LogP contribution in [0.3, 0.4) is 0 Å². The second-order valence-electron chi connectivity index (χ2n) is 14.2. The van der Waals surface area contributed by atoms with Crippen molar-refractivity contribution in [2.45, 2.75) is 101 Å². The molecule has 1 saturated heterocycles. The van der Waals surface area contributed by atoms with E-state index in [4.69, 9.17) is 14.7 Å². The number of rotatable bonds is 4. The topological polar surface area (TPSA) is 137 Å². The molecular weight excluding hydrogens is 570 g/mol. The summed E-state index contributed by atoms with van der Waals surface area (Å²) in [4.78, 5) is 39.8. The number of fused-ring (bicyclic) bond motifs is 1. The van der Waals surface area contributed by atoms with Gasteiger partial charge in [0.05, 0.1) is 11.1 Å². The number of H-pyrrole nitrogens is 1. The van der Waals surface area contributed by atoms with Gasteiger partial charge in [0.1, 0.15) is 17.0 Å². The number of benzene rings is 1. The van der Waals surface area contributed by atoms with Crippen molar-refractivity contribution >= 4 is 34.5 Å². The van der Waals surface area contributed by atoms with Crippen molar-refractivity contribution < 1.29 is 19.4 Å². The van der Waals surface area contributed by atoms with Gasteiger partial charge >= 0.3 is 6.09 Å². The highest BCUT2D eigenvalue weighted by Crippen LogP contribution is 2.45. The van der Waals surface area contributed by atoms with Crippen molar-refractivity contribution in [2.75, 3.05) is 25.0 Å². The molecule has 0 atom stereocenters. The Kier molecular flexibility index (Phi) is 7.23. The van der Waals surface area contributed by atoms with Crippen LogP contribution in [-0.2, 0) is 4.74 Å². The lowest BCUT2D eigenvalue weighted by molar-refractivity contribution is -0.00590. The highest BCUT2D eigenvalue weighted by Gasteiger charge is 2.55. The van der Waals surface area contributed by atoms with E-state index in [1.54, 1.807) is 9.80 Å². The van der Waals surface area contributed by atoms with Gasteiger partial charge < -0.3 is 20.1 Å². The number of anilines is 2. The normalized spacial score (nSPS) is 20.4. The van der Waals surface area contributed by atoms with Gasteiger partial charge in [-0.15, -0.1) is 0 Å². The van der Waals surface area contributed by atoms with E-state index in [0.29, 0.717) is 60.9 Å². The summed E-state index contributed by atoms with van der Waals surface area (Å²) in [5, 5.41) is 22.5. The summed E-state index contributed by atoms with van der Waals surface area (Å²) in [7, 11) is 0. The Morgan fingerprint density at radius 3 is 2.56 bits per heavy atom. The first-order valence-electron chi connectivity index (χ1n) is 16.2. The number of aromatic nitrogens is 4. The Bertz CT molecular complexity index is 1700. The zero-order valence-corrected chi connectivity index (χ0v) is 26.3. The summed E-state index contributed by atoms with van der Waals surface area (Å²) in [6.07, 6.45) is 8.06. The second-order valence-corrected chi connectivity index (χ2v) is 14.2. The fourth-order valence-electron chi connectivity index (χ4n) is 6.44. The molecular formula is C34H41N7O4. The molecule has 2 amide bonds. The number of aromatic amines is 1. The quantitative estimate of drug-likeness (QED) is 0.341. The molecule has 236 valence electrons. The summed E-state index contributed by atoms with van der Waals surface area (Å²) in [5.74, 6) is 7.68. The summed E-state index contributed by atoms with van der Waals surface area (Å²) in [6.45, 7) is 6.75. The number of carbonyl (C=O) groups is 2. The highest BCUT2D eigenvalue weighted by molar-refractivity contribution is 5.97. The van der Waals surface area contributed by atoms with Crippen molar-refractivity contribution in [1.29, 1.82) is 0 Å². The number of amides is 2. The molecule has 0 radical (unpaired) electrons. The lowest BCUT2D eigenvalue weighted by Gasteiger charge is -2.42. The van der Waals surface area contributed by atoms with Crippen LogP contribution in [0.1, 0.15) is 106 Å². The van der Waals surface area contributed by atoms with Crippen LogP contribution in [0.15, 0.2) is 24.3 Å². The molecule has 2 aromatic heterocycles. The molecule has 3 saturated carbocycles. The molecule has 11 heteroatoms. The zero-order chi connectivity index (χ0) is 31.4. The average Bonchev–Trinajstić information content (AvgIpc) is 3.94. The molecule has 0 unspecified atom stereocenters. The maximum absolute atomic E-state index is 13.9. The van der Waals surface area contributed by atoms with E-state index in [9.17, 15) is 14.7 Å². The van der Waals surface area contributed by atoms with Crippen LogP contribution in [0.2, 0.25) is 0 Å². The van der Waals surface area contributed by atoms with Crippen LogP contribution in [0.25, 0.3) is 10.9 Å². The maximum atomic E-state index is 13.9. The van der Waals surface area contributed by atoms with E-state index in [1.807, 2.05) is 45.0 Å². The van der Waals surface area contributed by atoms with E-state index < -0.39 is 16.7 Å². The van der Waals surface area contributed by atoms with E-state index >= 15 is 0 Å². The number of nitrogens with zero attached hydrogens (tertiary/aromatic N) is 5. The first kappa shape index (κ1) is 29.5. The van der Waals surface area contributed by atoms with Crippen LogP contribution in [0, 0.1) is 11.8 Å². The van der Waals surface area contributed by atoms with E-state index in [-0.39, 0.29) is 17.8 Å². The van der Waals surface area contributed by atoms with Crippen molar-refractivity contribution in [3.63, 3.8) is 0 Å². The Balaban J connectivity index is 1.18. The molecule has 3 N–H and O–H groups in total. The van der Waals surface area contributed by atoms with Crippen molar-refractivity contribution in [3.05, 3.63) is 41.3 Å². The van der Waals surface area contributed by atoms with Crippen LogP contribution in [0.4, 0.5) is 16.4 Å². The van der Waals surface area contributed by atoms with Crippen LogP contribution < -0.4 is 5.32 Å². The third-order valence-electron chi connectivity index (χ3n) is 9.25. The predicted molar refractivity (Wildman–Crippen MR) is 169 cm³/mol. The molecule has 0 bridgehead atoms. The number of ether oxygens (including phenoxy) is 1. The van der Waals surface area contributed by atoms with Crippen LogP contribution in [0.5, 0.6) is 0 Å². The molecule has 3 aliphatic carbocycles. The molecule has 45 heavy (non-hydrogen) atoms. The molecule has 1 spiro atoms. The SMILES string of the molecule is CC(C)(C)OC(=O)N1CCN(C(=O)c2nc(Nc3cc(C4CC4)[nH]n3)c3cc(C#CC4(O)CCCCC4)ccc3n2)CC12CC2. The third-order valence-corrected chi connectivity index (χ3v) is 9.25. The Labute approximate surface area is 263 Å². The van der Waals surface area contributed by atoms with Gasteiger partial charge in [-0.25, -0.2) is 14.8 Å². The Morgan fingerprint density at radius 2 is 1.84 bits per heavy atom. The fraction of sp³-hybridized carbons (Fsp3) is 0.559. The maximum Gasteiger partial charge on any atom is 0.410 e. The Hall–Kier alpha value is -4.17. The standard InChI is InChI=1S/C34H41N7O4/c1-32(2,3)45-31(43)41-18-17-40(21-33(41)15-16-33)30(42)29-35-25-10-7-22(11-14-34(44)12-5-4-6-13-34)19-24(25)28(37-29)36-27-20-26(38-39-27)23-8-9-23/h7,10,19-20,23,44H,4-6,8-9,12-13,15-18,21H2,1-3H3,(H2,35,36,37,38,39). The molecule has 3 aromatic rings. The van der Waals surface area contributed by atoms with Gasteiger partial charge in [0.15, 0.2) is 5.82 Å². The first-order valence-corrected chi connectivity index (χ1v) is 16.2. The predicted octanol–water partition coefficient (Wildman–Crippen LogP) is 5.25. The van der Waals surface area contributed by atoms with Crippen molar-refractivity contribution in [2.24, 2.45) is 0 Å². The lowest BCUT2D eigenvalue weighted by Crippen LogP contribution is -2.59. The van der Waals surface area contributed by atoms with Gasteiger partial charge in [-0.2, -0.15) is 5.10 Å². The van der Waals surface area contributed by atoms with Crippen molar-refractivity contribution in [1.82, 2.24) is 30.0 Å². The van der Waals surface area contributed by atoms with Gasteiger partial charge in [-0.05, 0) is 90.3 Å². The number of carbonyl (C=O) groups excluding carboxylic acids is 2. The summed E-state index contributed by atoms with van der Waals surface area (Å²) in [5.41, 5.74) is 0.472. The van der Waals surface area contributed by atoms with E-state index in [1.165, 1.54) is 0 Å². The van der Waals surface area contributed by atoms with Gasteiger partial charge in [0.2, 0.25) is 5.82 Å². The van der Waals surface area contributed by atoms with Gasteiger partial charge in [0, 0.05) is 48.3 Å². The number of piperazine rings is 1. The van der Waals surface area contributed by atoms with Gasteiger partial charge in [-0.3, -0.25) is 14.8 Å². The minimum absolute atomic E-state index is 0.0832. The van der Waals surface area contributed by atoms with Crippen LogP contribution in [-0.4, -0.2) is 83.4 Å². The van der Waals surface area contributed by atoms with Crippen LogP contribution >= 0.6 is 0 Å². The minimum Gasteiger partial charge on any atom is -0.444 e. The molecule has 3 heterocycles. The summed E-state index contributed by atoms with van der Waals surface area (Å²) < 4.78 is 5.66. The van der Waals surface area contributed by atoms with E-state index in [0.717, 1.165) is 56.2 Å². The average molecular weight is 612 g/mol. The summed E-state index contributed by atoms with van der Waals surface area (Å²) >= 11 is 0. The minimum atomic E-state index is -0.957. The molecule has 1 aliphatic heterocycles. The second kappa shape index (κ2) is 11.0. The Morgan fingerprint density at radius 1 is 1.07 bits per heavy atom. The van der Waals surface area contributed by atoms with Gasteiger partial charge in [-0.1, -0.05) is 18.3 Å². The molecule has 7 rings (SSSR count). The summed E-state index contributed by atoms with van der Waals surface area (Å²) in [6, 6.07) is 7.60. The van der Waals surface area contributed by atoms with Gasteiger partial charge in [0.25, 0.3) is 5.91 Å². The molecule has 11 nitrogen and oxygen atoms in total. The third kappa shape index (κ3) is 6.34.